The number of aryl methyl sites for hydroxylation is 2. The Morgan fingerprint density at radius 3 is 2.19 bits per heavy atom. The highest BCUT2D eigenvalue weighted by Gasteiger charge is 2.24. The molecule has 2 rings (SSSR count). The average Bonchev–Trinajstić information content (AvgIpc) is 2.46. The third kappa shape index (κ3) is 4.46. The fourth-order valence-electron chi connectivity index (χ4n) is 2.32. The number of amides is 2. The van der Waals surface area contributed by atoms with Crippen LogP contribution in [0.25, 0.3) is 0 Å². The summed E-state index contributed by atoms with van der Waals surface area (Å²) in [7, 11) is -4.29. The lowest BCUT2D eigenvalue weighted by atomic mass is 10.1. The number of nitro groups is 1. The van der Waals surface area contributed by atoms with Crippen molar-refractivity contribution in [2.45, 2.75) is 18.7 Å². The summed E-state index contributed by atoms with van der Waals surface area (Å²) < 4.78 is 22.9. The first kappa shape index (κ1) is 19.1. The summed E-state index contributed by atoms with van der Waals surface area (Å²) in [6.07, 6.45) is 0. The van der Waals surface area contributed by atoms with Gasteiger partial charge in [0.25, 0.3) is 0 Å². The molecule has 0 radical (unpaired) electrons. The van der Waals surface area contributed by atoms with Crippen LogP contribution in [0.2, 0.25) is 0 Å². The van der Waals surface area contributed by atoms with E-state index in [1.54, 1.807) is 12.1 Å². The van der Waals surface area contributed by atoms with Gasteiger partial charge in [0.1, 0.15) is 0 Å². The second-order valence-corrected chi connectivity index (χ2v) is 7.16. The van der Waals surface area contributed by atoms with E-state index < -0.39 is 43.0 Å². The number of nitrogens with zero attached hydrogens (tertiary/aromatic N) is 1. The Balaban J connectivity index is 2.37. The lowest BCUT2D eigenvalue weighted by Crippen LogP contribution is -2.20. The number of hydrogen-bond donors (Lipinski definition) is 4. The van der Waals surface area contributed by atoms with Gasteiger partial charge in [0.2, 0.25) is 15.8 Å². The molecule has 0 atom stereocenters. The predicted octanol–water partition coefficient (Wildman–Crippen LogP) is 2.21. The number of sulfonamides is 1. The Hall–Kier alpha value is -3.18. The molecule has 2 aromatic carbocycles. The summed E-state index contributed by atoms with van der Waals surface area (Å²) in [5.41, 5.74) is 0.880. The van der Waals surface area contributed by atoms with Crippen molar-refractivity contribution in [3.8, 4) is 5.75 Å². The fourth-order valence-corrected chi connectivity index (χ4v) is 2.88. The maximum atomic E-state index is 12.1. The van der Waals surface area contributed by atoms with Gasteiger partial charge in [0.05, 0.1) is 15.5 Å². The predicted molar refractivity (Wildman–Crippen MR) is 94.7 cm³/mol. The Kier molecular flexibility index (Phi) is 5.14. The van der Waals surface area contributed by atoms with Crippen LogP contribution in [0.5, 0.6) is 5.75 Å². The monoisotopic (exact) mass is 380 g/mol. The molecule has 0 unspecified atom stereocenters. The summed E-state index contributed by atoms with van der Waals surface area (Å²) in [4.78, 5) is 21.5. The summed E-state index contributed by atoms with van der Waals surface area (Å²) in [6.45, 7) is 3.67. The van der Waals surface area contributed by atoms with Crippen LogP contribution in [0.3, 0.4) is 0 Å². The van der Waals surface area contributed by atoms with Crippen LogP contribution >= 0.6 is 0 Å². The molecule has 0 aliphatic heterocycles. The number of nitrogens with two attached hydrogens (primary N) is 1. The Morgan fingerprint density at radius 1 is 1.12 bits per heavy atom. The zero-order valence-electron chi connectivity index (χ0n) is 13.8. The van der Waals surface area contributed by atoms with Gasteiger partial charge in [0, 0.05) is 11.8 Å². The number of benzene rings is 2. The van der Waals surface area contributed by atoms with Crippen molar-refractivity contribution in [3.05, 3.63) is 51.6 Å². The van der Waals surface area contributed by atoms with Crippen LogP contribution in [0.4, 0.5) is 21.9 Å². The van der Waals surface area contributed by atoms with E-state index >= 15 is 0 Å². The molecule has 2 aromatic rings. The molecule has 2 amide bonds. The standard InChI is InChI=1S/C15H16N4O6S/c1-8-3-9(2)5-10(4-8)17-15(21)18-12-6-11(26(16,24)25)7-13(14(12)20)19(22)23/h3-7,20H,1-2H3,(H2,16,24,25)(H2,17,18,21). The zero-order chi connectivity index (χ0) is 19.6. The van der Waals surface area contributed by atoms with Gasteiger partial charge in [-0.15, -0.1) is 0 Å². The Morgan fingerprint density at radius 2 is 1.69 bits per heavy atom. The highest BCUT2D eigenvalue weighted by atomic mass is 32.2. The second-order valence-electron chi connectivity index (χ2n) is 5.60. The van der Waals surface area contributed by atoms with E-state index in [-0.39, 0.29) is 0 Å². The van der Waals surface area contributed by atoms with Crippen LogP contribution in [-0.4, -0.2) is 24.5 Å². The van der Waals surface area contributed by atoms with Crippen molar-refractivity contribution < 1.29 is 23.2 Å². The molecule has 0 aliphatic carbocycles. The van der Waals surface area contributed by atoms with Crippen molar-refractivity contribution in [1.82, 2.24) is 0 Å². The maximum absolute atomic E-state index is 12.1. The number of rotatable bonds is 4. The van der Waals surface area contributed by atoms with Crippen LogP contribution in [0.1, 0.15) is 11.1 Å². The largest absolute Gasteiger partial charge is 0.501 e. The van der Waals surface area contributed by atoms with E-state index in [0.29, 0.717) is 11.8 Å². The molecule has 138 valence electrons. The number of carbonyl (C=O) groups excluding carboxylic acids is 1. The summed E-state index contributed by atoms with van der Waals surface area (Å²) in [5.74, 6) is -0.891. The Labute approximate surface area is 148 Å². The molecule has 5 N–H and O–H groups in total. The average molecular weight is 380 g/mol. The minimum atomic E-state index is -4.29. The van der Waals surface area contributed by atoms with E-state index in [9.17, 15) is 28.4 Å². The van der Waals surface area contributed by atoms with Crippen LogP contribution in [0, 0.1) is 24.0 Å². The first-order chi connectivity index (χ1) is 12.0. The van der Waals surface area contributed by atoms with E-state index in [0.717, 1.165) is 17.2 Å². The lowest BCUT2D eigenvalue weighted by Gasteiger charge is -2.11. The fraction of sp³-hybridized carbons (Fsp3) is 0.133. The molecule has 0 saturated heterocycles. The van der Waals surface area contributed by atoms with Crippen LogP contribution in [-0.2, 0) is 10.0 Å². The third-order valence-corrected chi connectivity index (χ3v) is 4.21. The number of nitrogens with one attached hydrogen (secondary N) is 2. The molecule has 0 spiro atoms. The normalized spacial score (nSPS) is 11.0. The molecule has 26 heavy (non-hydrogen) atoms. The number of anilines is 2. The quantitative estimate of drug-likeness (QED) is 0.360. The van der Waals surface area contributed by atoms with Gasteiger partial charge in [-0.3, -0.25) is 10.1 Å². The van der Waals surface area contributed by atoms with Crippen molar-refractivity contribution in [1.29, 1.82) is 0 Å². The number of urea groups is 1. The van der Waals surface area contributed by atoms with Crippen molar-refractivity contribution in [3.63, 3.8) is 0 Å². The first-order valence-electron chi connectivity index (χ1n) is 7.18. The molecule has 0 aromatic heterocycles. The topological polar surface area (TPSA) is 165 Å². The van der Waals surface area contributed by atoms with Crippen LogP contribution < -0.4 is 15.8 Å². The van der Waals surface area contributed by atoms with Crippen LogP contribution in [0.15, 0.2) is 35.2 Å². The van der Waals surface area contributed by atoms with Crippen molar-refractivity contribution in [2.75, 3.05) is 10.6 Å². The van der Waals surface area contributed by atoms with E-state index in [4.69, 9.17) is 5.14 Å². The highest BCUT2D eigenvalue weighted by molar-refractivity contribution is 7.89. The Bertz CT molecular complexity index is 983. The number of phenols is 1. The van der Waals surface area contributed by atoms with Gasteiger partial charge < -0.3 is 15.7 Å². The molecular formula is C15H16N4O6S. The smallest absolute Gasteiger partial charge is 0.323 e. The summed E-state index contributed by atoms with van der Waals surface area (Å²) in [5, 5.41) is 30.6. The molecule has 11 heteroatoms. The lowest BCUT2D eigenvalue weighted by molar-refractivity contribution is -0.386. The minimum absolute atomic E-state index is 0.455. The molecule has 0 bridgehead atoms. The molecule has 0 aliphatic rings. The number of phenolic OH excluding ortho intramolecular Hbond substituents is 1. The molecule has 0 fully saturated rings. The first-order valence-corrected chi connectivity index (χ1v) is 8.72. The number of aromatic hydroxyl groups is 1. The molecule has 0 saturated carbocycles. The molecule has 10 nitrogen and oxygen atoms in total. The van der Waals surface area contributed by atoms with E-state index in [1.165, 1.54) is 0 Å². The van der Waals surface area contributed by atoms with Gasteiger partial charge in [-0.25, -0.2) is 18.4 Å². The van der Waals surface area contributed by atoms with Crippen molar-refractivity contribution >= 4 is 33.1 Å². The maximum Gasteiger partial charge on any atom is 0.323 e. The van der Waals surface area contributed by atoms with Gasteiger partial charge >= 0.3 is 11.7 Å². The molecular weight excluding hydrogens is 364 g/mol. The van der Waals surface area contributed by atoms with E-state index in [2.05, 4.69) is 10.6 Å². The van der Waals surface area contributed by atoms with Gasteiger partial charge in [-0.05, 0) is 43.2 Å². The van der Waals surface area contributed by atoms with Gasteiger partial charge in [-0.2, -0.15) is 0 Å². The van der Waals surface area contributed by atoms with E-state index in [1.807, 2.05) is 19.9 Å². The minimum Gasteiger partial charge on any atom is -0.501 e. The van der Waals surface area contributed by atoms with Gasteiger partial charge in [0.15, 0.2) is 0 Å². The van der Waals surface area contributed by atoms with Crippen molar-refractivity contribution in [2.24, 2.45) is 5.14 Å². The van der Waals surface area contributed by atoms with Gasteiger partial charge in [-0.1, -0.05) is 6.07 Å². The number of nitro benzene ring substituents is 1. The SMILES string of the molecule is Cc1cc(C)cc(NC(=O)Nc2cc(S(N)(=O)=O)cc([N+](=O)[O-])c2O)c1. The number of hydrogen-bond acceptors (Lipinski definition) is 6. The second kappa shape index (κ2) is 6.98. The summed E-state index contributed by atoms with van der Waals surface area (Å²) >= 11 is 0. The zero-order valence-corrected chi connectivity index (χ0v) is 14.6. The summed E-state index contributed by atoms with van der Waals surface area (Å²) in [6, 6.07) is 5.89. The number of primary sulfonamides is 1. The third-order valence-electron chi connectivity index (χ3n) is 3.32. The number of carbonyl (C=O) groups is 1. The highest BCUT2D eigenvalue weighted by Crippen LogP contribution is 2.36. The molecule has 0 heterocycles.